The number of aromatic nitrogens is 4. The quantitative estimate of drug-likeness (QED) is 0.714. The predicted octanol–water partition coefficient (Wildman–Crippen LogP) is 0.460. The second-order valence-electron chi connectivity index (χ2n) is 4.48. The third-order valence-corrected chi connectivity index (χ3v) is 3.21. The van der Waals surface area contributed by atoms with Gasteiger partial charge >= 0.3 is 5.69 Å². The molecule has 0 unspecified atom stereocenters. The van der Waals surface area contributed by atoms with Crippen LogP contribution in [0.2, 0.25) is 0 Å². The lowest BCUT2D eigenvalue weighted by Gasteiger charge is -2.07. The summed E-state index contributed by atoms with van der Waals surface area (Å²) in [6.07, 6.45) is 0. The summed E-state index contributed by atoms with van der Waals surface area (Å²) in [5.41, 5.74) is -0.705. The Bertz CT molecular complexity index is 983. The van der Waals surface area contributed by atoms with Gasteiger partial charge in [-0.3, -0.25) is 19.1 Å². The number of H-pyrrole nitrogens is 2. The Labute approximate surface area is 117 Å². The van der Waals surface area contributed by atoms with Gasteiger partial charge in [-0.25, -0.2) is 9.78 Å². The molecule has 0 aliphatic heterocycles. The van der Waals surface area contributed by atoms with Gasteiger partial charge in [0.15, 0.2) is 5.52 Å². The van der Waals surface area contributed by atoms with Crippen molar-refractivity contribution in [3.8, 4) is 11.3 Å². The zero-order chi connectivity index (χ0) is 15.0. The molecule has 0 saturated heterocycles. The molecule has 3 rings (SSSR count). The SMILES string of the molecule is CCn1c(=O)[nH]c(=O)c2nc(-c3ccccc3)c(=O)[nH]c21. The molecule has 2 aromatic heterocycles. The first-order valence-corrected chi connectivity index (χ1v) is 6.44. The van der Waals surface area contributed by atoms with Crippen molar-refractivity contribution >= 4 is 11.2 Å². The molecular weight excluding hydrogens is 272 g/mol. The molecule has 1 aromatic carbocycles. The lowest BCUT2D eigenvalue weighted by Crippen LogP contribution is -2.32. The minimum absolute atomic E-state index is 0.0369. The Morgan fingerprint density at radius 1 is 1.05 bits per heavy atom. The second kappa shape index (κ2) is 4.86. The van der Waals surface area contributed by atoms with E-state index in [0.29, 0.717) is 12.1 Å². The molecule has 0 aliphatic rings. The van der Waals surface area contributed by atoms with Crippen LogP contribution in [0.4, 0.5) is 0 Å². The number of nitrogens with zero attached hydrogens (tertiary/aromatic N) is 2. The summed E-state index contributed by atoms with van der Waals surface area (Å²) in [7, 11) is 0. The number of aryl methyl sites for hydroxylation is 1. The third-order valence-electron chi connectivity index (χ3n) is 3.21. The Morgan fingerprint density at radius 3 is 2.43 bits per heavy atom. The summed E-state index contributed by atoms with van der Waals surface area (Å²) in [5.74, 6) is 0. The highest BCUT2D eigenvalue weighted by Crippen LogP contribution is 2.13. The molecule has 7 nitrogen and oxygen atoms in total. The van der Waals surface area contributed by atoms with Crippen LogP contribution in [0.1, 0.15) is 6.92 Å². The first-order valence-electron chi connectivity index (χ1n) is 6.44. The van der Waals surface area contributed by atoms with Crippen LogP contribution >= 0.6 is 0 Å². The largest absolute Gasteiger partial charge is 0.330 e. The van der Waals surface area contributed by atoms with Crippen LogP contribution < -0.4 is 16.8 Å². The molecule has 0 spiro atoms. The standard InChI is InChI=1S/C14H12N4O3/c1-2-18-11-10(13(20)17-14(18)21)15-9(12(19)16-11)8-6-4-3-5-7-8/h3-7H,2H2,1H3,(H,16,19)(H,17,20,21). The molecule has 7 heteroatoms. The maximum absolute atomic E-state index is 12.2. The summed E-state index contributed by atoms with van der Waals surface area (Å²) in [4.78, 5) is 44.7. The molecule has 2 heterocycles. The molecular formula is C14H12N4O3. The highest BCUT2D eigenvalue weighted by atomic mass is 16.2. The molecule has 0 saturated carbocycles. The number of aromatic amines is 2. The summed E-state index contributed by atoms with van der Waals surface area (Å²) in [5, 5.41) is 0. The number of nitrogens with one attached hydrogen (secondary N) is 2. The van der Waals surface area contributed by atoms with E-state index in [4.69, 9.17) is 0 Å². The minimum atomic E-state index is -0.617. The number of hydrogen-bond donors (Lipinski definition) is 2. The molecule has 0 radical (unpaired) electrons. The lowest BCUT2D eigenvalue weighted by atomic mass is 10.1. The van der Waals surface area contributed by atoms with Gasteiger partial charge < -0.3 is 4.98 Å². The monoisotopic (exact) mass is 284 g/mol. The van der Waals surface area contributed by atoms with Gasteiger partial charge in [0.25, 0.3) is 11.1 Å². The van der Waals surface area contributed by atoms with Crippen molar-refractivity contribution in [2.75, 3.05) is 0 Å². The molecule has 3 aromatic rings. The lowest BCUT2D eigenvalue weighted by molar-refractivity contribution is 0.714. The van der Waals surface area contributed by atoms with E-state index in [9.17, 15) is 14.4 Å². The summed E-state index contributed by atoms with van der Waals surface area (Å²) < 4.78 is 1.26. The topological polar surface area (TPSA) is 101 Å². The van der Waals surface area contributed by atoms with Crippen LogP contribution in [0.15, 0.2) is 44.7 Å². The van der Waals surface area contributed by atoms with E-state index in [2.05, 4.69) is 15.0 Å². The van der Waals surface area contributed by atoms with Crippen LogP contribution in [0, 0.1) is 0 Å². The van der Waals surface area contributed by atoms with E-state index < -0.39 is 16.8 Å². The van der Waals surface area contributed by atoms with Crippen LogP contribution in [0.5, 0.6) is 0 Å². The van der Waals surface area contributed by atoms with Crippen LogP contribution in [-0.2, 0) is 6.54 Å². The number of rotatable bonds is 2. The van der Waals surface area contributed by atoms with E-state index in [1.165, 1.54) is 4.57 Å². The third kappa shape index (κ3) is 2.08. The molecule has 0 fully saturated rings. The van der Waals surface area contributed by atoms with E-state index in [-0.39, 0.29) is 16.9 Å². The molecule has 106 valence electrons. The predicted molar refractivity (Wildman–Crippen MR) is 78.4 cm³/mol. The van der Waals surface area contributed by atoms with Crippen molar-refractivity contribution in [2.45, 2.75) is 13.5 Å². The Balaban J connectivity index is 2.44. The van der Waals surface area contributed by atoms with E-state index in [0.717, 1.165) is 0 Å². The van der Waals surface area contributed by atoms with Crippen molar-refractivity contribution in [1.29, 1.82) is 0 Å². The van der Waals surface area contributed by atoms with Crippen molar-refractivity contribution < 1.29 is 0 Å². The maximum atomic E-state index is 12.2. The molecule has 0 aliphatic carbocycles. The van der Waals surface area contributed by atoms with Gasteiger partial charge in [-0.2, -0.15) is 0 Å². The van der Waals surface area contributed by atoms with Crippen LogP contribution in [0.3, 0.4) is 0 Å². The highest BCUT2D eigenvalue weighted by molar-refractivity contribution is 5.72. The van der Waals surface area contributed by atoms with Crippen molar-refractivity contribution in [3.63, 3.8) is 0 Å². The van der Waals surface area contributed by atoms with E-state index >= 15 is 0 Å². The average Bonchev–Trinajstić information content (AvgIpc) is 2.48. The van der Waals surface area contributed by atoms with Gasteiger partial charge in [0.2, 0.25) is 0 Å². The van der Waals surface area contributed by atoms with Crippen LogP contribution in [-0.4, -0.2) is 19.5 Å². The van der Waals surface area contributed by atoms with Crippen LogP contribution in [0.25, 0.3) is 22.4 Å². The van der Waals surface area contributed by atoms with Gasteiger partial charge in [-0.15, -0.1) is 0 Å². The smallest absolute Gasteiger partial charge is 0.304 e. The molecule has 0 bridgehead atoms. The summed E-state index contributed by atoms with van der Waals surface area (Å²) in [6.45, 7) is 2.05. The van der Waals surface area contributed by atoms with Gasteiger partial charge in [0, 0.05) is 12.1 Å². The number of fused-ring (bicyclic) bond motifs is 1. The maximum Gasteiger partial charge on any atom is 0.330 e. The Kier molecular flexibility index (Phi) is 3.02. The number of benzene rings is 1. The first kappa shape index (κ1) is 13.0. The zero-order valence-electron chi connectivity index (χ0n) is 11.2. The first-order chi connectivity index (χ1) is 10.1. The zero-order valence-corrected chi connectivity index (χ0v) is 11.2. The summed E-state index contributed by atoms with van der Waals surface area (Å²) >= 11 is 0. The fraction of sp³-hybridized carbons (Fsp3) is 0.143. The normalized spacial score (nSPS) is 10.9. The van der Waals surface area contributed by atoms with Crippen molar-refractivity contribution in [2.24, 2.45) is 0 Å². The average molecular weight is 284 g/mol. The van der Waals surface area contributed by atoms with E-state index in [1.54, 1.807) is 31.2 Å². The van der Waals surface area contributed by atoms with Crippen molar-refractivity contribution in [3.05, 3.63) is 61.5 Å². The van der Waals surface area contributed by atoms with Gasteiger partial charge in [0.05, 0.1) is 0 Å². The van der Waals surface area contributed by atoms with E-state index in [1.807, 2.05) is 6.07 Å². The molecule has 21 heavy (non-hydrogen) atoms. The highest BCUT2D eigenvalue weighted by Gasteiger charge is 2.13. The fourth-order valence-corrected chi connectivity index (χ4v) is 2.21. The molecule has 0 atom stereocenters. The van der Waals surface area contributed by atoms with Gasteiger partial charge in [-0.05, 0) is 6.92 Å². The molecule has 0 amide bonds. The summed E-state index contributed by atoms with van der Waals surface area (Å²) in [6, 6.07) is 8.83. The minimum Gasteiger partial charge on any atom is -0.304 e. The Morgan fingerprint density at radius 2 is 1.76 bits per heavy atom. The number of hydrogen-bond acceptors (Lipinski definition) is 4. The Hall–Kier alpha value is -2.96. The van der Waals surface area contributed by atoms with Gasteiger partial charge in [-0.1, -0.05) is 30.3 Å². The van der Waals surface area contributed by atoms with Gasteiger partial charge in [0.1, 0.15) is 11.3 Å². The molecule has 2 N–H and O–H groups in total. The van der Waals surface area contributed by atoms with Crippen molar-refractivity contribution in [1.82, 2.24) is 19.5 Å². The second-order valence-corrected chi connectivity index (χ2v) is 4.48. The fourth-order valence-electron chi connectivity index (χ4n) is 2.21.